The van der Waals surface area contributed by atoms with Gasteiger partial charge in [-0.15, -0.1) is 0 Å². The molecule has 0 heterocycles. The average Bonchev–Trinajstić information content (AvgIpc) is 2.42. The first-order valence-electron chi connectivity index (χ1n) is 6.83. The molecule has 0 spiro atoms. The molecule has 0 amide bonds. The number of sulfone groups is 1. The Balaban J connectivity index is 3.42. The fourth-order valence-electron chi connectivity index (χ4n) is 2.18. The van der Waals surface area contributed by atoms with Gasteiger partial charge in [-0.2, -0.15) is 0 Å². The zero-order valence-electron chi connectivity index (χ0n) is 13.6. The fourth-order valence-corrected chi connectivity index (χ4v) is 2.83. The Morgan fingerprint density at radius 3 is 1.95 bits per heavy atom. The van der Waals surface area contributed by atoms with E-state index in [1.165, 1.54) is 6.26 Å². The van der Waals surface area contributed by atoms with E-state index in [-0.39, 0.29) is 6.04 Å². The molecule has 1 unspecified atom stereocenters. The van der Waals surface area contributed by atoms with E-state index in [0.29, 0.717) is 18.0 Å². The Hall–Kier alpha value is -1.27. The van der Waals surface area contributed by atoms with Gasteiger partial charge in [0.1, 0.15) is 11.5 Å². The third-order valence-corrected chi connectivity index (χ3v) is 5.91. The standard InChI is InChI=1S/C15H25NO4S/c1-7-16-14(15(2,3)21(6,17)18)11-8-12(19-4)10-13(9-11)20-5/h8-10,14,16H,7H2,1-6H3. The second-order valence-corrected chi connectivity index (χ2v) is 8.11. The highest BCUT2D eigenvalue weighted by atomic mass is 32.2. The molecule has 1 rings (SSSR count). The van der Waals surface area contributed by atoms with Gasteiger partial charge in [0.15, 0.2) is 9.84 Å². The SMILES string of the molecule is CCNC(c1cc(OC)cc(OC)c1)C(C)(C)S(C)(=O)=O. The Kier molecular flexibility index (Phi) is 5.64. The van der Waals surface area contributed by atoms with E-state index in [9.17, 15) is 8.42 Å². The second-order valence-electron chi connectivity index (χ2n) is 5.51. The van der Waals surface area contributed by atoms with Gasteiger partial charge in [-0.05, 0) is 38.1 Å². The Morgan fingerprint density at radius 1 is 1.14 bits per heavy atom. The molecule has 0 aliphatic heterocycles. The first-order chi connectivity index (χ1) is 9.67. The first-order valence-corrected chi connectivity index (χ1v) is 8.72. The number of hydrogen-bond donors (Lipinski definition) is 1. The molecule has 0 saturated heterocycles. The summed E-state index contributed by atoms with van der Waals surface area (Å²) in [4.78, 5) is 0. The molecule has 0 bridgehead atoms. The summed E-state index contributed by atoms with van der Waals surface area (Å²) in [5, 5.41) is 3.26. The van der Waals surface area contributed by atoms with Crippen molar-refractivity contribution in [2.45, 2.75) is 31.6 Å². The smallest absolute Gasteiger partial charge is 0.154 e. The number of rotatable bonds is 7. The molecule has 0 aliphatic carbocycles. The molecule has 6 heteroatoms. The van der Waals surface area contributed by atoms with Crippen LogP contribution in [-0.4, -0.2) is 40.2 Å². The van der Waals surface area contributed by atoms with E-state index < -0.39 is 14.6 Å². The van der Waals surface area contributed by atoms with Gasteiger partial charge in [-0.25, -0.2) is 8.42 Å². The van der Waals surface area contributed by atoms with E-state index in [1.807, 2.05) is 19.1 Å². The van der Waals surface area contributed by atoms with Crippen molar-refractivity contribution in [1.82, 2.24) is 5.32 Å². The minimum Gasteiger partial charge on any atom is -0.497 e. The van der Waals surface area contributed by atoms with E-state index >= 15 is 0 Å². The van der Waals surface area contributed by atoms with Crippen molar-refractivity contribution in [3.8, 4) is 11.5 Å². The molecule has 0 aliphatic rings. The summed E-state index contributed by atoms with van der Waals surface area (Å²) in [7, 11) is -0.111. The van der Waals surface area contributed by atoms with Crippen molar-refractivity contribution < 1.29 is 17.9 Å². The molecule has 1 aromatic rings. The molecule has 1 atom stereocenters. The van der Waals surface area contributed by atoms with Gasteiger partial charge >= 0.3 is 0 Å². The molecule has 0 aromatic heterocycles. The quantitative estimate of drug-likeness (QED) is 0.835. The van der Waals surface area contributed by atoms with Crippen LogP contribution in [0.3, 0.4) is 0 Å². The van der Waals surface area contributed by atoms with Crippen molar-refractivity contribution in [2.24, 2.45) is 0 Å². The second kappa shape index (κ2) is 6.66. The summed E-state index contributed by atoms with van der Waals surface area (Å²) in [6.45, 7) is 6.05. The maximum Gasteiger partial charge on any atom is 0.154 e. The minimum absolute atomic E-state index is 0.360. The van der Waals surface area contributed by atoms with Crippen LogP contribution in [0.15, 0.2) is 18.2 Å². The van der Waals surface area contributed by atoms with Gasteiger partial charge in [0.2, 0.25) is 0 Å². The minimum atomic E-state index is -3.26. The highest BCUT2D eigenvalue weighted by Gasteiger charge is 2.39. The van der Waals surface area contributed by atoms with E-state index in [4.69, 9.17) is 9.47 Å². The van der Waals surface area contributed by atoms with Gasteiger partial charge in [-0.3, -0.25) is 0 Å². The van der Waals surface area contributed by atoms with Crippen LogP contribution < -0.4 is 14.8 Å². The lowest BCUT2D eigenvalue weighted by Gasteiger charge is -2.34. The average molecular weight is 315 g/mol. The molecule has 0 saturated carbocycles. The molecule has 120 valence electrons. The predicted molar refractivity (Wildman–Crippen MR) is 84.9 cm³/mol. The summed E-state index contributed by atoms with van der Waals surface area (Å²) in [6, 6.07) is 5.08. The van der Waals surface area contributed by atoms with Gasteiger partial charge in [-0.1, -0.05) is 6.92 Å². The normalized spacial score (nSPS) is 13.8. The third kappa shape index (κ3) is 3.89. The van der Waals surface area contributed by atoms with Crippen LogP contribution in [0.2, 0.25) is 0 Å². The molecule has 21 heavy (non-hydrogen) atoms. The largest absolute Gasteiger partial charge is 0.497 e. The molecule has 1 N–H and O–H groups in total. The Morgan fingerprint density at radius 2 is 1.62 bits per heavy atom. The highest BCUT2D eigenvalue weighted by molar-refractivity contribution is 7.92. The highest BCUT2D eigenvalue weighted by Crippen LogP contribution is 2.35. The van der Waals surface area contributed by atoms with Crippen LogP contribution in [0.25, 0.3) is 0 Å². The lowest BCUT2D eigenvalue weighted by molar-refractivity contribution is 0.386. The molecular formula is C15H25NO4S. The predicted octanol–water partition coefficient (Wildman–Crippen LogP) is 2.18. The first kappa shape index (κ1) is 17.8. The van der Waals surface area contributed by atoms with Crippen LogP contribution in [0.1, 0.15) is 32.4 Å². The van der Waals surface area contributed by atoms with Crippen molar-refractivity contribution in [2.75, 3.05) is 27.0 Å². The number of benzene rings is 1. The summed E-state index contributed by atoms with van der Waals surface area (Å²) in [6.07, 6.45) is 1.26. The van der Waals surface area contributed by atoms with Crippen LogP contribution in [0.4, 0.5) is 0 Å². The number of hydrogen-bond acceptors (Lipinski definition) is 5. The molecule has 5 nitrogen and oxygen atoms in total. The van der Waals surface area contributed by atoms with Crippen molar-refractivity contribution in [3.63, 3.8) is 0 Å². The van der Waals surface area contributed by atoms with Crippen LogP contribution in [0.5, 0.6) is 11.5 Å². The molecular weight excluding hydrogens is 290 g/mol. The number of ether oxygens (including phenoxy) is 2. The number of methoxy groups -OCH3 is 2. The van der Waals surface area contributed by atoms with Crippen molar-refractivity contribution in [3.05, 3.63) is 23.8 Å². The molecule has 1 aromatic carbocycles. The summed E-state index contributed by atoms with van der Waals surface area (Å²) in [5.74, 6) is 1.27. The summed E-state index contributed by atoms with van der Waals surface area (Å²) >= 11 is 0. The summed E-state index contributed by atoms with van der Waals surface area (Å²) in [5.41, 5.74) is 0.823. The lowest BCUT2D eigenvalue weighted by atomic mass is 9.94. The lowest BCUT2D eigenvalue weighted by Crippen LogP contribution is -2.45. The molecule has 0 radical (unpaired) electrons. The third-order valence-electron chi connectivity index (χ3n) is 3.77. The van der Waals surface area contributed by atoms with E-state index in [2.05, 4.69) is 5.32 Å². The zero-order chi connectivity index (χ0) is 16.3. The van der Waals surface area contributed by atoms with Crippen LogP contribution >= 0.6 is 0 Å². The van der Waals surface area contributed by atoms with Gasteiger partial charge < -0.3 is 14.8 Å². The maximum atomic E-state index is 12.1. The van der Waals surface area contributed by atoms with Crippen LogP contribution in [0, 0.1) is 0 Å². The van der Waals surface area contributed by atoms with Gasteiger partial charge in [0.25, 0.3) is 0 Å². The zero-order valence-corrected chi connectivity index (χ0v) is 14.4. The van der Waals surface area contributed by atoms with Crippen molar-refractivity contribution >= 4 is 9.84 Å². The summed E-state index contributed by atoms with van der Waals surface area (Å²) < 4.78 is 33.9. The van der Waals surface area contributed by atoms with Crippen molar-refractivity contribution in [1.29, 1.82) is 0 Å². The van der Waals surface area contributed by atoms with Gasteiger partial charge in [0, 0.05) is 12.3 Å². The maximum absolute atomic E-state index is 12.1. The molecule has 0 fully saturated rings. The van der Waals surface area contributed by atoms with E-state index in [1.54, 1.807) is 34.1 Å². The number of nitrogens with one attached hydrogen (secondary N) is 1. The monoisotopic (exact) mass is 315 g/mol. The van der Waals surface area contributed by atoms with E-state index in [0.717, 1.165) is 5.56 Å². The fraction of sp³-hybridized carbons (Fsp3) is 0.600. The topological polar surface area (TPSA) is 64.6 Å². The Labute approximate surface area is 127 Å². The van der Waals surface area contributed by atoms with Gasteiger partial charge in [0.05, 0.1) is 25.0 Å². The Bertz CT molecular complexity index is 559. The van der Waals surface area contributed by atoms with Crippen LogP contribution in [-0.2, 0) is 9.84 Å².